The van der Waals surface area contributed by atoms with Gasteiger partial charge in [0, 0.05) is 5.92 Å². The minimum Gasteiger partial charge on any atom is -0.302 e. The predicted octanol–water partition coefficient (Wildman–Crippen LogP) is 4.38. The van der Waals surface area contributed by atoms with Gasteiger partial charge in [-0.3, -0.25) is 4.79 Å². The van der Waals surface area contributed by atoms with Gasteiger partial charge >= 0.3 is 0 Å². The summed E-state index contributed by atoms with van der Waals surface area (Å²) in [6.45, 7) is 2.13. The highest BCUT2D eigenvalue weighted by molar-refractivity contribution is 7.22. The second-order valence-corrected chi connectivity index (χ2v) is 6.49. The molecule has 1 aromatic heterocycles. The minimum atomic E-state index is 0.154. The summed E-state index contributed by atoms with van der Waals surface area (Å²) in [7, 11) is 0. The van der Waals surface area contributed by atoms with Gasteiger partial charge in [0.15, 0.2) is 5.13 Å². The average Bonchev–Trinajstić information content (AvgIpc) is 2.90. The molecule has 1 N–H and O–H groups in total. The second-order valence-electron chi connectivity index (χ2n) is 5.46. The number of rotatable bonds is 3. The van der Waals surface area contributed by atoms with Crippen LogP contribution in [0.1, 0.15) is 44.6 Å². The Morgan fingerprint density at radius 1 is 1.35 bits per heavy atom. The zero-order valence-electron chi connectivity index (χ0n) is 11.8. The number of para-hydroxylation sites is 1. The first-order valence-corrected chi connectivity index (χ1v) is 8.29. The number of hydrogen-bond acceptors (Lipinski definition) is 3. The van der Waals surface area contributed by atoms with Crippen LogP contribution in [-0.2, 0) is 11.2 Å². The normalized spacial score (nSPS) is 16.4. The highest BCUT2D eigenvalue weighted by atomic mass is 32.1. The highest BCUT2D eigenvalue weighted by Crippen LogP contribution is 2.30. The number of aromatic nitrogens is 1. The summed E-state index contributed by atoms with van der Waals surface area (Å²) < 4.78 is 1.16. The van der Waals surface area contributed by atoms with E-state index < -0.39 is 0 Å². The van der Waals surface area contributed by atoms with Crippen molar-refractivity contribution in [2.75, 3.05) is 5.32 Å². The Bertz CT molecular complexity index is 614. The van der Waals surface area contributed by atoms with Gasteiger partial charge in [0.25, 0.3) is 0 Å². The number of nitrogens with one attached hydrogen (secondary N) is 1. The fourth-order valence-corrected chi connectivity index (χ4v) is 3.83. The zero-order chi connectivity index (χ0) is 13.9. The van der Waals surface area contributed by atoms with Gasteiger partial charge in [-0.1, -0.05) is 49.7 Å². The first-order valence-electron chi connectivity index (χ1n) is 7.47. The molecule has 1 aliphatic carbocycles. The van der Waals surface area contributed by atoms with Gasteiger partial charge in [0.2, 0.25) is 5.91 Å². The molecule has 2 aromatic rings. The zero-order valence-corrected chi connectivity index (χ0v) is 12.6. The van der Waals surface area contributed by atoms with Gasteiger partial charge in [-0.05, 0) is 30.9 Å². The van der Waals surface area contributed by atoms with Gasteiger partial charge in [0.05, 0.1) is 10.2 Å². The minimum absolute atomic E-state index is 0.154. The lowest BCUT2D eigenvalue weighted by atomic mass is 9.89. The molecule has 0 bridgehead atoms. The standard InChI is InChI=1S/C16H20N2OS/c1-2-11-9-6-10-13-14(11)17-16(20-13)18-15(19)12-7-4-3-5-8-12/h6,9-10,12H,2-5,7-8H2,1H3,(H,17,18,19). The van der Waals surface area contributed by atoms with Crippen LogP contribution >= 0.6 is 11.3 Å². The first-order chi connectivity index (χ1) is 9.78. The second kappa shape index (κ2) is 5.92. The summed E-state index contributed by atoms with van der Waals surface area (Å²) in [5.74, 6) is 0.336. The molecule has 1 saturated carbocycles. The van der Waals surface area contributed by atoms with E-state index in [4.69, 9.17) is 0 Å². The molecular weight excluding hydrogens is 268 g/mol. The molecule has 1 aromatic carbocycles. The lowest BCUT2D eigenvalue weighted by Crippen LogP contribution is -2.24. The van der Waals surface area contributed by atoms with E-state index in [2.05, 4.69) is 35.4 Å². The molecule has 3 nitrogen and oxygen atoms in total. The Balaban J connectivity index is 1.78. The molecule has 1 amide bonds. The largest absolute Gasteiger partial charge is 0.302 e. The monoisotopic (exact) mass is 288 g/mol. The lowest BCUT2D eigenvalue weighted by Gasteiger charge is -2.19. The maximum atomic E-state index is 12.3. The van der Waals surface area contributed by atoms with Crippen LogP contribution in [0.3, 0.4) is 0 Å². The van der Waals surface area contributed by atoms with E-state index in [1.165, 1.54) is 24.8 Å². The molecule has 0 radical (unpaired) electrons. The van der Waals surface area contributed by atoms with Crippen LogP contribution < -0.4 is 5.32 Å². The average molecular weight is 288 g/mol. The van der Waals surface area contributed by atoms with Gasteiger partial charge < -0.3 is 5.32 Å². The third-order valence-corrected chi connectivity index (χ3v) is 5.03. The fraction of sp³-hybridized carbons (Fsp3) is 0.500. The van der Waals surface area contributed by atoms with Crippen LogP contribution in [0.25, 0.3) is 10.2 Å². The molecule has 0 atom stereocenters. The van der Waals surface area contributed by atoms with E-state index in [1.54, 1.807) is 11.3 Å². The van der Waals surface area contributed by atoms with E-state index in [9.17, 15) is 4.79 Å². The van der Waals surface area contributed by atoms with Crippen molar-refractivity contribution in [2.24, 2.45) is 5.92 Å². The smallest absolute Gasteiger partial charge is 0.229 e. The van der Waals surface area contributed by atoms with Crippen molar-refractivity contribution in [1.29, 1.82) is 0 Å². The highest BCUT2D eigenvalue weighted by Gasteiger charge is 2.22. The third-order valence-electron chi connectivity index (χ3n) is 4.09. The number of carbonyl (C=O) groups is 1. The Kier molecular flexibility index (Phi) is 4.01. The third kappa shape index (κ3) is 2.70. The predicted molar refractivity (Wildman–Crippen MR) is 84.2 cm³/mol. The van der Waals surface area contributed by atoms with Crippen molar-refractivity contribution in [2.45, 2.75) is 45.4 Å². The molecule has 0 saturated heterocycles. The van der Waals surface area contributed by atoms with Crippen molar-refractivity contribution in [3.63, 3.8) is 0 Å². The maximum absolute atomic E-state index is 12.3. The summed E-state index contributed by atoms with van der Waals surface area (Å²) in [5.41, 5.74) is 2.29. The fourth-order valence-electron chi connectivity index (χ4n) is 2.92. The van der Waals surface area contributed by atoms with Crippen molar-refractivity contribution in [3.8, 4) is 0 Å². The van der Waals surface area contributed by atoms with Crippen molar-refractivity contribution in [3.05, 3.63) is 23.8 Å². The SMILES string of the molecule is CCc1cccc2sc(NC(=O)C3CCCCC3)nc12. The molecule has 106 valence electrons. The number of thiazole rings is 1. The number of aryl methyl sites for hydroxylation is 1. The molecule has 3 rings (SSSR count). The Morgan fingerprint density at radius 2 is 2.15 bits per heavy atom. The van der Waals surface area contributed by atoms with Crippen LogP contribution in [0.5, 0.6) is 0 Å². The Labute approximate surface area is 123 Å². The quantitative estimate of drug-likeness (QED) is 0.910. The van der Waals surface area contributed by atoms with Crippen molar-refractivity contribution < 1.29 is 4.79 Å². The van der Waals surface area contributed by atoms with Gasteiger partial charge in [0.1, 0.15) is 0 Å². The van der Waals surface area contributed by atoms with E-state index in [0.717, 1.165) is 34.6 Å². The molecular formula is C16H20N2OS. The maximum Gasteiger partial charge on any atom is 0.229 e. The first kappa shape index (κ1) is 13.6. The van der Waals surface area contributed by atoms with E-state index in [0.29, 0.717) is 0 Å². The molecule has 0 unspecified atom stereocenters. The molecule has 1 fully saturated rings. The summed E-state index contributed by atoms with van der Waals surface area (Å²) in [5, 5.41) is 3.77. The molecule has 4 heteroatoms. The number of carbonyl (C=O) groups excluding carboxylic acids is 1. The number of benzene rings is 1. The lowest BCUT2D eigenvalue weighted by molar-refractivity contribution is -0.120. The number of anilines is 1. The van der Waals surface area contributed by atoms with E-state index >= 15 is 0 Å². The van der Waals surface area contributed by atoms with E-state index in [1.807, 2.05) is 0 Å². The van der Waals surface area contributed by atoms with Crippen molar-refractivity contribution in [1.82, 2.24) is 4.98 Å². The molecule has 0 aliphatic heterocycles. The van der Waals surface area contributed by atoms with Gasteiger partial charge in [-0.15, -0.1) is 0 Å². The van der Waals surface area contributed by atoms with Gasteiger partial charge in [-0.2, -0.15) is 0 Å². The summed E-state index contributed by atoms with van der Waals surface area (Å²) >= 11 is 1.58. The Hall–Kier alpha value is -1.42. The van der Waals surface area contributed by atoms with Crippen LogP contribution in [0.4, 0.5) is 5.13 Å². The van der Waals surface area contributed by atoms with Crippen LogP contribution in [0.15, 0.2) is 18.2 Å². The Morgan fingerprint density at radius 3 is 2.90 bits per heavy atom. The van der Waals surface area contributed by atoms with Crippen LogP contribution in [0.2, 0.25) is 0 Å². The van der Waals surface area contributed by atoms with Crippen LogP contribution in [-0.4, -0.2) is 10.9 Å². The van der Waals surface area contributed by atoms with Gasteiger partial charge in [-0.25, -0.2) is 4.98 Å². The summed E-state index contributed by atoms with van der Waals surface area (Å²) in [6, 6.07) is 6.24. The van der Waals surface area contributed by atoms with Crippen LogP contribution in [0, 0.1) is 5.92 Å². The molecule has 1 aliphatic rings. The topological polar surface area (TPSA) is 42.0 Å². The van der Waals surface area contributed by atoms with E-state index in [-0.39, 0.29) is 11.8 Å². The van der Waals surface area contributed by atoms with Crippen molar-refractivity contribution >= 4 is 32.6 Å². The summed E-state index contributed by atoms with van der Waals surface area (Å²) in [6.07, 6.45) is 6.64. The number of fused-ring (bicyclic) bond motifs is 1. The molecule has 0 spiro atoms. The molecule has 20 heavy (non-hydrogen) atoms. The summed E-state index contributed by atoms with van der Waals surface area (Å²) in [4.78, 5) is 16.9. The number of nitrogens with zero attached hydrogens (tertiary/aromatic N) is 1. The molecule has 1 heterocycles. The number of hydrogen-bond donors (Lipinski definition) is 1. The number of amides is 1.